The highest BCUT2D eigenvalue weighted by Crippen LogP contribution is 2.34. The third kappa shape index (κ3) is 5.52. The number of halogens is 1. The van der Waals surface area contributed by atoms with Gasteiger partial charge in [0.25, 0.3) is 0 Å². The maximum Gasteiger partial charge on any atom is 0.243 e. The minimum Gasteiger partial charge on any atom is -0.360 e. The fraction of sp³-hybridized carbons (Fsp3) is 0.560. The Morgan fingerprint density at radius 2 is 1.91 bits per heavy atom. The first kappa shape index (κ1) is 24.3. The summed E-state index contributed by atoms with van der Waals surface area (Å²) in [4.78, 5) is 28.4. The Morgan fingerprint density at radius 1 is 1.25 bits per heavy atom. The van der Waals surface area contributed by atoms with E-state index in [0.717, 1.165) is 11.3 Å². The van der Waals surface area contributed by atoms with Gasteiger partial charge < -0.3 is 14.7 Å². The van der Waals surface area contributed by atoms with Gasteiger partial charge in [-0.05, 0) is 36.0 Å². The van der Waals surface area contributed by atoms with Crippen molar-refractivity contribution in [2.45, 2.75) is 71.9 Å². The van der Waals surface area contributed by atoms with Crippen LogP contribution in [0, 0.1) is 11.8 Å². The van der Waals surface area contributed by atoms with Crippen LogP contribution in [-0.4, -0.2) is 34.5 Å². The second-order valence-corrected chi connectivity index (χ2v) is 10.7. The lowest BCUT2D eigenvalue weighted by molar-refractivity contribution is -0.140. The molecule has 2 amide bonds. The molecule has 6 nitrogen and oxygen atoms in total. The minimum atomic E-state index is -0.490. The second kappa shape index (κ2) is 9.65. The van der Waals surface area contributed by atoms with Gasteiger partial charge in [0.15, 0.2) is 0 Å². The highest BCUT2D eigenvalue weighted by Gasteiger charge is 2.42. The lowest BCUT2D eigenvalue weighted by Gasteiger charge is -2.29. The number of carbonyl (C=O) groups excluding carboxylic acids is 2. The number of carbonyl (C=O) groups is 2. The number of hydrogen-bond acceptors (Lipinski definition) is 4. The molecule has 3 unspecified atom stereocenters. The molecule has 174 valence electrons. The van der Waals surface area contributed by atoms with Crippen molar-refractivity contribution >= 4 is 23.4 Å². The Hall–Kier alpha value is -2.34. The van der Waals surface area contributed by atoms with E-state index in [0.29, 0.717) is 30.3 Å². The molecule has 1 aromatic heterocycles. The van der Waals surface area contributed by atoms with Crippen LogP contribution in [0.4, 0.5) is 0 Å². The van der Waals surface area contributed by atoms with Crippen LogP contribution in [-0.2, 0) is 21.5 Å². The minimum absolute atomic E-state index is 0.0111. The van der Waals surface area contributed by atoms with Crippen molar-refractivity contribution < 1.29 is 14.1 Å². The van der Waals surface area contributed by atoms with E-state index in [-0.39, 0.29) is 29.1 Å². The average molecular weight is 460 g/mol. The van der Waals surface area contributed by atoms with Gasteiger partial charge in [0, 0.05) is 29.6 Å². The van der Waals surface area contributed by atoms with E-state index in [1.807, 2.05) is 32.0 Å². The fourth-order valence-electron chi connectivity index (χ4n) is 4.15. The van der Waals surface area contributed by atoms with Crippen LogP contribution in [0.2, 0.25) is 5.02 Å². The first-order valence-electron chi connectivity index (χ1n) is 11.3. The van der Waals surface area contributed by atoms with Gasteiger partial charge in [-0.3, -0.25) is 9.59 Å². The van der Waals surface area contributed by atoms with E-state index in [2.05, 4.69) is 38.2 Å². The summed E-state index contributed by atoms with van der Waals surface area (Å²) < 4.78 is 5.62. The maximum absolute atomic E-state index is 13.7. The van der Waals surface area contributed by atoms with Crippen molar-refractivity contribution in [1.82, 2.24) is 15.4 Å². The van der Waals surface area contributed by atoms with E-state index in [1.165, 1.54) is 0 Å². The van der Waals surface area contributed by atoms with Crippen molar-refractivity contribution in [1.29, 1.82) is 0 Å². The zero-order valence-corrected chi connectivity index (χ0v) is 20.6. The molecule has 1 aliphatic heterocycles. The summed E-state index contributed by atoms with van der Waals surface area (Å²) in [6.07, 6.45) is 0.645. The number of aromatic nitrogens is 1. The average Bonchev–Trinajstić information content (AvgIpc) is 3.34. The van der Waals surface area contributed by atoms with Gasteiger partial charge in [0.05, 0.1) is 5.69 Å². The van der Waals surface area contributed by atoms with Crippen LogP contribution in [0.25, 0.3) is 0 Å². The molecule has 0 bridgehead atoms. The van der Waals surface area contributed by atoms with Crippen LogP contribution in [0.1, 0.15) is 70.9 Å². The first-order chi connectivity index (χ1) is 15.0. The monoisotopic (exact) mass is 459 g/mol. The van der Waals surface area contributed by atoms with Crippen molar-refractivity contribution in [2.24, 2.45) is 11.8 Å². The zero-order chi connectivity index (χ0) is 23.6. The van der Waals surface area contributed by atoms with E-state index < -0.39 is 12.0 Å². The highest BCUT2D eigenvalue weighted by atomic mass is 35.5. The molecule has 0 radical (unpaired) electrons. The summed E-state index contributed by atoms with van der Waals surface area (Å²) in [5, 5.41) is 7.85. The summed E-state index contributed by atoms with van der Waals surface area (Å²) in [6.45, 7) is 13.2. The third-order valence-electron chi connectivity index (χ3n) is 6.01. The van der Waals surface area contributed by atoms with Crippen molar-refractivity contribution in [3.8, 4) is 0 Å². The van der Waals surface area contributed by atoms with Gasteiger partial charge in [-0.25, -0.2) is 0 Å². The largest absolute Gasteiger partial charge is 0.360 e. The molecule has 7 heteroatoms. The van der Waals surface area contributed by atoms with Gasteiger partial charge in [0.1, 0.15) is 17.7 Å². The Bertz CT molecular complexity index is 946. The van der Waals surface area contributed by atoms with Crippen LogP contribution in [0.15, 0.2) is 34.9 Å². The number of nitrogens with one attached hydrogen (secondary N) is 1. The molecule has 32 heavy (non-hydrogen) atoms. The molecule has 3 rings (SSSR count). The molecule has 0 saturated carbocycles. The maximum atomic E-state index is 13.7. The quantitative estimate of drug-likeness (QED) is 0.665. The predicted molar refractivity (Wildman–Crippen MR) is 125 cm³/mol. The lowest BCUT2D eigenvalue weighted by atomic mass is 9.88. The second-order valence-electron chi connectivity index (χ2n) is 10.3. The van der Waals surface area contributed by atoms with Gasteiger partial charge in [0.2, 0.25) is 11.8 Å². The van der Waals surface area contributed by atoms with Gasteiger partial charge in [-0.15, -0.1) is 0 Å². The summed E-state index contributed by atoms with van der Waals surface area (Å²) >= 11 is 5.94. The predicted octanol–water partition coefficient (Wildman–Crippen LogP) is 4.92. The van der Waals surface area contributed by atoms with Crippen LogP contribution >= 0.6 is 11.6 Å². The number of benzene rings is 1. The van der Waals surface area contributed by atoms with Gasteiger partial charge in [-0.1, -0.05) is 70.4 Å². The van der Waals surface area contributed by atoms with Crippen molar-refractivity contribution in [3.05, 3.63) is 52.4 Å². The van der Waals surface area contributed by atoms with Crippen molar-refractivity contribution in [2.75, 3.05) is 6.54 Å². The highest BCUT2D eigenvalue weighted by molar-refractivity contribution is 6.30. The molecule has 1 N–H and O–H groups in total. The standard InChI is InChI=1S/C25H34ClN3O3/c1-15(2)22(20-12-21(28-32-20)25(4,5)6)24(31)29-14-16(3)11-19(29)23(30)27-13-17-7-9-18(26)10-8-17/h7-10,12,15-16,19,22H,11,13-14H2,1-6H3,(H,27,30). The molecule has 1 aromatic carbocycles. The van der Waals surface area contributed by atoms with Gasteiger partial charge >= 0.3 is 0 Å². The molecule has 2 aromatic rings. The number of hydrogen-bond donors (Lipinski definition) is 1. The molecule has 0 spiro atoms. The van der Waals surface area contributed by atoms with Crippen LogP contribution < -0.4 is 5.32 Å². The summed E-state index contributed by atoms with van der Waals surface area (Å²) in [5.74, 6) is 0.140. The molecular formula is C25H34ClN3O3. The van der Waals surface area contributed by atoms with E-state index in [9.17, 15) is 9.59 Å². The normalized spacial score (nSPS) is 19.9. The SMILES string of the molecule is CC1CC(C(=O)NCc2ccc(Cl)cc2)N(C(=O)C(c2cc(C(C)(C)C)no2)C(C)C)C1. The van der Waals surface area contributed by atoms with Crippen LogP contribution in [0.5, 0.6) is 0 Å². The third-order valence-corrected chi connectivity index (χ3v) is 6.26. The van der Waals surface area contributed by atoms with Gasteiger partial charge in [-0.2, -0.15) is 0 Å². The fourth-order valence-corrected chi connectivity index (χ4v) is 4.28. The topological polar surface area (TPSA) is 75.4 Å². The molecule has 1 saturated heterocycles. The number of nitrogens with zero attached hydrogens (tertiary/aromatic N) is 2. The zero-order valence-electron chi connectivity index (χ0n) is 19.8. The Labute approximate surface area is 195 Å². The molecule has 1 aliphatic rings. The Balaban J connectivity index is 1.76. The number of likely N-dealkylation sites (tertiary alicyclic amines) is 1. The Kier molecular flexibility index (Phi) is 7.33. The smallest absolute Gasteiger partial charge is 0.243 e. The molecule has 2 heterocycles. The molecule has 1 fully saturated rings. The Morgan fingerprint density at radius 3 is 2.47 bits per heavy atom. The van der Waals surface area contributed by atoms with E-state index >= 15 is 0 Å². The molecule has 0 aliphatic carbocycles. The summed E-state index contributed by atoms with van der Waals surface area (Å²) in [6, 6.07) is 8.76. The van der Waals surface area contributed by atoms with Crippen LogP contribution in [0.3, 0.4) is 0 Å². The van der Waals surface area contributed by atoms with E-state index in [1.54, 1.807) is 17.0 Å². The lowest BCUT2D eigenvalue weighted by Crippen LogP contribution is -2.47. The number of rotatable bonds is 6. The van der Waals surface area contributed by atoms with Crippen molar-refractivity contribution in [3.63, 3.8) is 0 Å². The molecular weight excluding hydrogens is 426 g/mol. The van der Waals surface area contributed by atoms with E-state index in [4.69, 9.17) is 16.1 Å². The first-order valence-corrected chi connectivity index (χ1v) is 11.6. The summed E-state index contributed by atoms with van der Waals surface area (Å²) in [7, 11) is 0. The number of amides is 2. The molecule has 3 atom stereocenters. The summed E-state index contributed by atoms with van der Waals surface area (Å²) in [5.41, 5.74) is 1.61.